The zero-order valence-corrected chi connectivity index (χ0v) is 18.3. The predicted octanol–water partition coefficient (Wildman–Crippen LogP) is 5.19. The fraction of sp³-hybridized carbons (Fsp3) is 0.259. The lowest BCUT2D eigenvalue weighted by atomic mass is 9.93. The number of aromatic nitrogens is 2. The van der Waals surface area contributed by atoms with E-state index >= 15 is 0 Å². The van der Waals surface area contributed by atoms with Crippen LogP contribution < -0.4 is 4.74 Å². The second-order valence-electron chi connectivity index (χ2n) is 8.39. The molecule has 162 valence electrons. The van der Waals surface area contributed by atoms with Gasteiger partial charge in [-0.25, -0.2) is 0 Å². The van der Waals surface area contributed by atoms with Crippen molar-refractivity contribution in [2.24, 2.45) is 0 Å². The van der Waals surface area contributed by atoms with Crippen molar-refractivity contribution in [1.29, 1.82) is 0 Å². The maximum absolute atomic E-state index is 13.1. The highest BCUT2D eigenvalue weighted by Crippen LogP contribution is 2.29. The quantitative estimate of drug-likeness (QED) is 0.479. The number of likely N-dealkylation sites (tertiary alicyclic amines) is 1. The number of piperidine rings is 1. The van der Waals surface area contributed by atoms with Gasteiger partial charge < -0.3 is 14.6 Å². The van der Waals surface area contributed by atoms with Crippen LogP contribution in [0.1, 0.15) is 30.0 Å². The molecular weight excluding hydrogens is 398 g/mol. The summed E-state index contributed by atoms with van der Waals surface area (Å²) in [7, 11) is 1.67. The summed E-state index contributed by atoms with van der Waals surface area (Å²) < 4.78 is 5.26. The molecule has 0 aliphatic carbocycles. The van der Waals surface area contributed by atoms with Gasteiger partial charge >= 0.3 is 0 Å². The smallest absolute Gasteiger partial charge is 0.227 e. The van der Waals surface area contributed by atoms with Crippen molar-refractivity contribution in [3.05, 3.63) is 84.2 Å². The highest BCUT2D eigenvalue weighted by Gasteiger charge is 2.26. The third-order valence-electron chi connectivity index (χ3n) is 6.37. The number of nitrogens with zero attached hydrogens (tertiary/aromatic N) is 2. The van der Waals surface area contributed by atoms with Gasteiger partial charge in [0.1, 0.15) is 5.75 Å². The number of carbonyl (C=O) groups excluding carboxylic acids is 1. The van der Waals surface area contributed by atoms with Gasteiger partial charge in [-0.05, 0) is 60.9 Å². The Labute approximate surface area is 188 Å². The number of hydrogen-bond acceptors (Lipinski definition) is 3. The number of amides is 1. The van der Waals surface area contributed by atoms with Crippen LogP contribution in [0.25, 0.3) is 22.2 Å². The highest BCUT2D eigenvalue weighted by molar-refractivity contribution is 5.89. The van der Waals surface area contributed by atoms with Gasteiger partial charge in [-0.15, -0.1) is 0 Å². The van der Waals surface area contributed by atoms with Gasteiger partial charge in [0.2, 0.25) is 5.91 Å². The van der Waals surface area contributed by atoms with Crippen LogP contribution in [0.3, 0.4) is 0 Å². The molecule has 1 saturated heterocycles. The minimum absolute atomic E-state index is 0.186. The topological polar surface area (TPSA) is 58.2 Å². The molecule has 0 spiro atoms. The molecule has 5 rings (SSSR count). The Morgan fingerprint density at radius 1 is 1.09 bits per heavy atom. The molecule has 2 aromatic carbocycles. The maximum Gasteiger partial charge on any atom is 0.227 e. The van der Waals surface area contributed by atoms with Crippen molar-refractivity contribution in [2.45, 2.75) is 25.2 Å². The molecule has 0 saturated carbocycles. The summed E-state index contributed by atoms with van der Waals surface area (Å²) in [6.07, 6.45) is 4.44. The van der Waals surface area contributed by atoms with Crippen LogP contribution in [-0.2, 0) is 11.2 Å². The van der Waals surface area contributed by atoms with Crippen molar-refractivity contribution < 1.29 is 9.53 Å². The number of benzene rings is 2. The molecule has 4 aromatic rings. The Balaban J connectivity index is 1.31. The molecule has 2 aromatic heterocycles. The molecule has 3 heterocycles. The van der Waals surface area contributed by atoms with E-state index in [0.29, 0.717) is 6.42 Å². The number of methoxy groups -OCH3 is 1. The van der Waals surface area contributed by atoms with E-state index in [9.17, 15) is 4.79 Å². The van der Waals surface area contributed by atoms with Crippen molar-refractivity contribution in [2.75, 3.05) is 20.2 Å². The van der Waals surface area contributed by atoms with Crippen molar-refractivity contribution in [3.8, 4) is 17.0 Å². The third-order valence-corrected chi connectivity index (χ3v) is 6.37. The summed E-state index contributed by atoms with van der Waals surface area (Å²) in [5.74, 6) is 1.28. The molecule has 1 amide bonds. The zero-order valence-electron chi connectivity index (χ0n) is 18.3. The first-order valence-corrected chi connectivity index (χ1v) is 11.2. The van der Waals surface area contributed by atoms with Gasteiger partial charge in [0.05, 0.1) is 19.2 Å². The van der Waals surface area contributed by atoms with Crippen molar-refractivity contribution >= 4 is 16.8 Å². The number of H-pyrrole nitrogens is 1. The van der Waals surface area contributed by atoms with Gasteiger partial charge in [-0.1, -0.05) is 24.3 Å². The van der Waals surface area contributed by atoms with E-state index in [1.165, 1.54) is 0 Å². The number of hydrogen-bond donors (Lipinski definition) is 1. The Morgan fingerprint density at radius 2 is 1.94 bits per heavy atom. The average Bonchev–Trinajstić information content (AvgIpc) is 3.27. The minimum atomic E-state index is 0.186. The maximum atomic E-state index is 13.1. The zero-order chi connectivity index (χ0) is 21.9. The second-order valence-corrected chi connectivity index (χ2v) is 8.39. The molecule has 1 aliphatic heterocycles. The molecule has 0 bridgehead atoms. The van der Waals surface area contributed by atoms with E-state index in [4.69, 9.17) is 9.72 Å². The first-order valence-electron chi connectivity index (χ1n) is 11.2. The summed E-state index contributed by atoms with van der Waals surface area (Å²) in [6.45, 7) is 1.54. The first kappa shape index (κ1) is 20.3. The largest absolute Gasteiger partial charge is 0.497 e. The molecule has 1 fully saturated rings. The summed E-state index contributed by atoms with van der Waals surface area (Å²) in [5, 5.41) is 1.13. The minimum Gasteiger partial charge on any atom is -0.497 e. The number of para-hydroxylation sites is 1. The molecule has 5 nitrogen and oxygen atoms in total. The average molecular weight is 426 g/mol. The SMILES string of the molecule is COc1ccc(-c2cccc(C3CCCN(C(=O)Cc4c[nH]c5ccccc45)C3)n2)cc1. The molecule has 1 atom stereocenters. The number of aromatic amines is 1. The van der Waals surface area contributed by atoms with Crippen LogP contribution in [0.2, 0.25) is 0 Å². The van der Waals surface area contributed by atoms with E-state index in [1.807, 2.05) is 59.6 Å². The van der Waals surface area contributed by atoms with Crippen LogP contribution in [0, 0.1) is 0 Å². The van der Waals surface area contributed by atoms with Crippen LogP contribution >= 0.6 is 0 Å². The molecule has 0 radical (unpaired) electrons. The van der Waals surface area contributed by atoms with Gasteiger partial charge in [0.25, 0.3) is 0 Å². The monoisotopic (exact) mass is 425 g/mol. The standard InChI is InChI=1S/C27H27N3O2/c1-32-22-13-11-19(12-14-22)24-9-4-10-25(29-24)20-6-5-15-30(18-20)27(31)16-21-17-28-26-8-3-2-7-23(21)26/h2-4,7-14,17,20,28H,5-6,15-16,18H2,1H3. The molecule has 5 heteroatoms. The summed E-state index contributed by atoms with van der Waals surface area (Å²) in [5.41, 5.74) is 5.21. The fourth-order valence-electron chi connectivity index (χ4n) is 4.60. The third kappa shape index (κ3) is 4.11. The molecule has 1 aliphatic rings. The van der Waals surface area contributed by atoms with Crippen LogP contribution in [0.15, 0.2) is 72.9 Å². The Kier molecular flexibility index (Phi) is 5.63. The number of carbonyl (C=O) groups is 1. The number of pyridine rings is 1. The van der Waals surface area contributed by atoms with E-state index in [1.54, 1.807) is 7.11 Å². The van der Waals surface area contributed by atoms with Gasteiger partial charge in [-0.2, -0.15) is 0 Å². The second kappa shape index (κ2) is 8.87. The van der Waals surface area contributed by atoms with Gasteiger partial charge in [-0.3, -0.25) is 9.78 Å². The number of rotatable bonds is 5. The van der Waals surface area contributed by atoms with Crippen molar-refractivity contribution in [3.63, 3.8) is 0 Å². The highest BCUT2D eigenvalue weighted by atomic mass is 16.5. The van der Waals surface area contributed by atoms with Crippen molar-refractivity contribution in [1.82, 2.24) is 14.9 Å². The lowest BCUT2D eigenvalue weighted by molar-refractivity contribution is -0.131. The number of nitrogens with one attached hydrogen (secondary N) is 1. The lowest BCUT2D eigenvalue weighted by Gasteiger charge is -2.32. The lowest BCUT2D eigenvalue weighted by Crippen LogP contribution is -2.40. The predicted molar refractivity (Wildman–Crippen MR) is 127 cm³/mol. The van der Waals surface area contributed by atoms with E-state index < -0.39 is 0 Å². The summed E-state index contributed by atoms with van der Waals surface area (Å²) in [4.78, 5) is 23.3. The van der Waals surface area contributed by atoms with Crippen LogP contribution in [0.5, 0.6) is 5.75 Å². The Hall–Kier alpha value is -3.60. The number of ether oxygens (including phenoxy) is 1. The molecule has 1 unspecified atom stereocenters. The molecular formula is C27H27N3O2. The van der Waals surface area contributed by atoms with E-state index in [-0.39, 0.29) is 11.8 Å². The van der Waals surface area contributed by atoms with E-state index in [0.717, 1.165) is 65.1 Å². The Bertz CT molecular complexity index is 1230. The van der Waals surface area contributed by atoms with E-state index in [2.05, 4.69) is 23.2 Å². The summed E-state index contributed by atoms with van der Waals surface area (Å²) in [6, 6.07) is 22.3. The molecule has 1 N–H and O–H groups in total. The summed E-state index contributed by atoms with van der Waals surface area (Å²) >= 11 is 0. The van der Waals surface area contributed by atoms with Crippen LogP contribution in [0.4, 0.5) is 0 Å². The molecule has 32 heavy (non-hydrogen) atoms. The fourth-order valence-corrected chi connectivity index (χ4v) is 4.60. The first-order chi connectivity index (χ1) is 15.7. The normalized spacial score (nSPS) is 16.3. The number of fused-ring (bicyclic) bond motifs is 1. The Morgan fingerprint density at radius 3 is 2.78 bits per heavy atom. The van der Waals surface area contributed by atoms with Gasteiger partial charge in [0, 0.05) is 47.4 Å². The van der Waals surface area contributed by atoms with Crippen LogP contribution in [-0.4, -0.2) is 41.0 Å². The van der Waals surface area contributed by atoms with Gasteiger partial charge in [0.15, 0.2) is 0 Å².